The standard InChI is InChI=1S/C19H30N4O2.HI/c1-3-21-19(23-12-4-5-15(2)13-23)22-11-10-16-6-8-17(9-7-16)25-14-18(20)24;/h6-9,15H,3-5,10-14H2,1-2H3,(H2,20,24)(H,21,22);1H. The number of amides is 1. The molecule has 3 N–H and O–H groups in total. The van der Waals surface area contributed by atoms with Gasteiger partial charge in [0, 0.05) is 26.2 Å². The fraction of sp³-hybridized carbons (Fsp3) is 0.579. The molecule has 1 amide bonds. The topological polar surface area (TPSA) is 80.0 Å². The van der Waals surface area contributed by atoms with Gasteiger partial charge in [-0.15, -0.1) is 24.0 Å². The van der Waals surface area contributed by atoms with Crippen molar-refractivity contribution >= 4 is 35.8 Å². The second-order valence-electron chi connectivity index (χ2n) is 6.58. The van der Waals surface area contributed by atoms with Crippen LogP contribution in [0.4, 0.5) is 0 Å². The second kappa shape index (κ2) is 12.0. The van der Waals surface area contributed by atoms with E-state index in [1.54, 1.807) is 0 Å². The number of benzene rings is 1. The number of nitrogens with zero attached hydrogens (tertiary/aromatic N) is 2. The van der Waals surface area contributed by atoms with Gasteiger partial charge in [0.15, 0.2) is 12.6 Å². The Balaban J connectivity index is 0.00000338. The lowest BCUT2D eigenvalue weighted by Gasteiger charge is -2.33. The van der Waals surface area contributed by atoms with E-state index in [-0.39, 0.29) is 30.6 Å². The number of hydrogen-bond acceptors (Lipinski definition) is 3. The van der Waals surface area contributed by atoms with Gasteiger partial charge < -0.3 is 20.7 Å². The number of nitrogens with two attached hydrogens (primary N) is 1. The van der Waals surface area contributed by atoms with Crippen LogP contribution in [0, 0.1) is 5.92 Å². The Bertz CT molecular complexity index is 577. The van der Waals surface area contributed by atoms with Crippen LogP contribution >= 0.6 is 24.0 Å². The number of carbonyl (C=O) groups is 1. The van der Waals surface area contributed by atoms with Gasteiger partial charge in [0.05, 0.1) is 0 Å². The number of rotatable bonds is 7. The number of aliphatic imine (C=N–C) groups is 1. The Morgan fingerprint density at radius 3 is 2.73 bits per heavy atom. The zero-order chi connectivity index (χ0) is 18.1. The number of likely N-dealkylation sites (tertiary alicyclic amines) is 1. The van der Waals surface area contributed by atoms with Gasteiger partial charge in [0.2, 0.25) is 0 Å². The summed E-state index contributed by atoms with van der Waals surface area (Å²) in [5.41, 5.74) is 6.26. The summed E-state index contributed by atoms with van der Waals surface area (Å²) in [5, 5.41) is 3.41. The smallest absolute Gasteiger partial charge is 0.255 e. The molecule has 0 radical (unpaired) electrons. The third-order valence-electron chi connectivity index (χ3n) is 4.26. The predicted molar refractivity (Wildman–Crippen MR) is 116 cm³/mol. The third-order valence-corrected chi connectivity index (χ3v) is 4.26. The zero-order valence-corrected chi connectivity index (χ0v) is 18.1. The van der Waals surface area contributed by atoms with E-state index in [2.05, 4.69) is 24.1 Å². The molecule has 0 aliphatic carbocycles. The number of carbonyl (C=O) groups excluding carboxylic acids is 1. The van der Waals surface area contributed by atoms with E-state index in [9.17, 15) is 4.79 Å². The molecule has 1 heterocycles. The fourth-order valence-electron chi connectivity index (χ4n) is 3.01. The largest absolute Gasteiger partial charge is 0.484 e. The van der Waals surface area contributed by atoms with Crippen LogP contribution in [0.25, 0.3) is 0 Å². The molecule has 7 heteroatoms. The van der Waals surface area contributed by atoms with Crippen molar-refractivity contribution in [3.05, 3.63) is 29.8 Å². The monoisotopic (exact) mass is 474 g/mol. The van der Waals surface area contributed by atoms with Crippen molar-refractivity contribution in [3.63, 3.8) is 0 Å². The van der Waals surface area contributed by atoms with Crippen molar-refractivity contribution in [1.82, 2.24) is 10.2 Å². The van der Waals surface area contributed by atoms with Crippen LogP contribution in [0.15, 0.2) is 29.3 Å². The Labute approximate surface area is 173 Å². The molecule has 6 nitrogen and oxygen atoms in total. The van der Waals surface area contributed by atoms with Gasteiger partial charge in [-0.1, -0.05) is 19.1 Å². The first kappa shape index (κ1) is 22.5. The van der Waals surface area contributed by atoms with Crippen molar-refractivity contribution < 1.29 is 9.53 Å². The molecule has 1 aromatic rings. The lowest BCUT2D eigenvalue weighted by molar-refractivity contribution is -0.119. The first-order valence-electron chi connectivity index (χ1n) is 9.11. The van der Waals surface area contributed by atoms with Gasteiger partial charge in [-0.3, -0.25) is 9.79 Å². The molecule has 0 spiro atoms. The third kappa shape index (κ3) is 7.80. The molecule has 1 fully saturated rings. The molecule has 1 unspecified atom stereocenters. The molecule has 26 heavy (non-hydrogen) atoms. The van der Waals surface area contributed by atoms with E-state index in [0.29, 0.717) is 5.75 Å². The molecule has 1 saturated heterocycles. The number of nitrogens with one attached hydrogen (secondary N) is 1. The summed E-state index contributed by atoms with van der Waals surface area (Å²) in [5.74, 6) is 1.93. The molecule has 0 bridgehead atoms. The number of halogens is 1. The van der Waals surface area contributed by atoms with Gasteiger partial charge >= 0.3 is 0 Å². The maximum Gasteiger partial charge on any atom is 0.255 e. The average molecular weight is 474 g/mol. The summed E-state index contributed by atoms with van der Waals surface area (Å²) in [7, 11) is 0. The van der Waals surface area contributed by atoms with Gasteiger partial charge in [-0.05, 0) is 49.8 Å². The zero-order valence-electron chi connectivity index (χ0n) is 15.7. The lowest BCUT2D eigenvalue weighted by Crippen LogP contribution is -2.46. The van der Waals surface area contributed by atoms with Crippen LogP contribution in [0.5, 0.6) is 5.75 Å². The summed E-state index contributed by atoms with van der Waals surface area (Å²) in [6.45, 7) is 8.11. The first-order chi connectivity index (χ1) is 12.1. The van der Waals surface area contributed by atoms with E-state index in [1.807, 2.05) is 24.3 Å². The molecule has 0 aromatic heterocycles. The van der Waals surface area contributed by atoms with Gasteiger partial charge in [0.25, 0.3) is 5.91 Å². The second-order valence-corrected chi connectivity index (χ2v) is 6.58. The van der Waals surface area contributed by atoms with Gasteiger partial charge in [0.1, 0.15) is 5.75 Å². The summed E-state index contributed by atoms with van der Waals surface area (Å²) >= 11 is 0. The minimum absolute atomic E-state index is 0. The molecule has 1 aliphatic heterocycles. The van der Waals surface area contributed by atoms with E-state index in [1.165, 1.54) is 18.4 Å². The van der Waals surface area contributed by atoms with Crippen molar-refractivity contribution in [3.8, 4) is 5.75 Å². The number of guanidine groups is 1. The average Bonchev–Trinajstić information content (AvgIpc) is 2.60. The molecule has 0 saturated carbocycles. The van der Waals surface area contributed by atoms with E-state index >= 15 is 0 Å². The van der Waals surface area contributed by atoms with E-state index in [0.717, 1.165) is 44.5 Å². The number of hydrogen-bond donors (Lipinski definition) is 2. The highest BCUT2D eigenvalue weighted by molar-refractivity contribution is 14.0. The molecule has 146 valence electrons. The SMILES string of the molecule is CCNC(=NCCc1ccc(OCC(N)=O)cc1)N1CCCC(C)C1.I. The van der Waals surface area contributed by atoms with E-state index in [4.69, 9.17) is 15.5 Å². The van der Waals surface area contributed by atoms with Gasteiger partial charge in [-0.2, -0.15) is 0 Å². The first-order valence-corrected chi connectivity index (χ1v) is 9.11. The molecular formula is C19H31IN4O2. The normalized spacial score (nSPS) is 17.4. The van der Waals surface area contributed by atoms with Crippen LogP contribution in [-0.2, 0) is 11.2 Å². The molecular weight excluding hydrogens is 443 g/mol. The Kier molecular flexibility index (Phi) is 10.4. The highest BCUT2D eigenvalue weighted by atomic mass is 127. The number of primary amides is 1. The maximum absolute atomic E-state index is 10.7. The maximum atomic E-state index is 10.7. The van der Waals surface area contributed by atoms with Crippen LogP contribution in [0.2, 0.25) is 0 Å². The Morgan fingerprint density at radius 2 is 2.12 bits per heavy atom. The Hall–Kier alpha value is -1.51. The lowest BCUT2D eigenvalue weighted by atomic mass is 10.0. The molecule has 2 rings (SSSR count). The molecule has 1 aliphatic rings. The van der Waals surface area contributed by atoms with Crippen molar-refractivity contribution in [2.75, 3.05) is 32.8 Å². The van der Waals surface area contributed by atoms with Gasteiger partial charge in [-0.25, -0.2) is 0 Å². The number of piperidine rings is 1. The highest BCUT2D eigenvalue weighted by Crippen LogP contribution is 2.16. The van der Waals surface area contributed by atoms with Crippen LogP contribution in [0.1, 0.15) is 32.3 Å². The minimum atomic E-state index is -0.471. The quantitative estimate of drug-likeness (QED) is 0.362. The Morgan fingerprint density at radius 1 is 1.38 bits per heavy atom. The van der Waals surface area contributed by atoms with Crippen molar-refractivity contribution in [2.24, 2.45) is 16.6 Å². The molecule has 1 atom stereocenters. The number of ether oxygens (including phenoxy) is 1. The molecule has 1 aromatic carbocycles. The summed E-state index contributed by atoms with van der Waals surface area (Å²) in [6, 6.07) is 7.72. The minimum Gasteiger partial charge on any atom is -0.484 e. The highest BCUT2D eigenvalue weighted by Gasteiger charge is 2.18. The van der Waals surface area contributed by atoms with Crippen LogP contribution in [0.3, 0.4) is 0 Å². The van der Waals surface area contributed by atoms with Crippen LogP contribution in [-0.4, -0.2) is 49.6 Å². The van der Waals surface area contributed by atoms with Crippen LogP contribution < -0.4 is 15.8 Å². The predicted octanol–water partition coefficient (Wildman–Crippen LogP) is 2.41. The summed E-state index contributed by atoms with van der Waals surface area (Å²) in [4.78, 5) is 17.9. The summed E-state index contributed by atoms with van der Waals surface area (Å²) < 4.78 is 5.27. The van der Waals surface area contributed by atoms with Crippen molar-refractivity contribution in [1.29, 1.82) is 0 Å². The fourth-order valence-corrected chi connectivity index (χ4v) is 3.01. The van der Waals surface area contributed by atoms with Crippen molar-refractivity contribution in [2.45, 2.75) is 33.1 Å². The van der Waals surface area contributed by atoms with E-state index < -0.39 is 5.91 Å². The summed E-state index contributed by atoms with van der Waals surface area (Å²) in [6.07, 6.45) is 3.41.